The van der Waals surface area contributed by atoms with Crippen LogP contribution in [-0.2, 0) is 4.79 Å². The highest BCUT2D eigenvalue weighted by molar-refractivity contribution is 5.71. The Labute approximate surface area is 56.2 Å². The number of rotatable bonds is 3. The van der Waals surface area contributed by atoms with Gasteiger partial charge in [-0.1, -0.05) is 6.08 Å². The maximum Gasteiger partial charge on any atom is 0.165 e. The lowest BCUT2D eigenvalue weighted by atomic mass is 10.4. The molecule has 0 atom stereocenters. The van der Waals surface area contributed by atoms with Gasteiger partial charge in [0.2, 0.25) is 0 Å². The van der Waals surface area contributed by atoms with Crippen molar-refractivity contribution < 1.29 is 4.79 Å². The molecule has 0 aliphatic heterocycles. The molecule has 0 heterocycles. The first-order valence-electron chi connectivity index (χ1n) is 3.08. The number of carbonyl (C=O) groups excluding carboxylic acids is 1. The highest BCUT2D eigenvalue weighted by Crippen LogP contribution is 1.94. The monoisotopic (exact) mass is 127 g/mol. The van der Waals surface area contributed by atoms with E-state index in [4.69, 9.17) is 0 Å². The molecule has 0 rings (SSSR count). The van der Waals surface area contributed by atoms with Gasteiger partial charge in [0.25, 0.3) is 0 Å². The largest absolute Gasteiger partial charge is 0.373 e. The van der Waals surface area contributed by atoms with Gasteiger partial charge < -0.3 is 4.90 Å². The molecular formula is C7H13NO. The Bertz CT molecular complexity index is 118. The zero-order chi connectivity index (χ0) is 7.28. The number of aldehydes is 1. The molecule has 0 spiro atoms. The van der Waals surface area contributed by atoms with Gasteiger partial charge in [-0.2, -0.15) is 0 Å². The number of allylic oxidation sites excluding steroid dienone is 2. The Morgan fingerprint density at radius 2 is 2.22 bits per heavy atom. The van der Waals surface area contributed by atoms with E-state index in [0.717, 1.165) is 18.5 Å². The van der Waals surface area contributed by atoms with Gasteiger partial charge in [-0.05, 0) is 13.8 Å². The van der Waals surface area contributed by atoms with Crippen LogP contribution < -0.4 is 0 Å². The lowest BCUT2D eigenvalue weighted by Crippen LogP contribution is -2.17. The van der Waals surface area contributed by atoms with E-state index in [0.29, 0.717) is 0 Å². The van der Waals surface area contributed by atoms with Crippen molar-refractivity contribution in [3.8, 4) is 0 Å². The summed E-state index contributed by atoms with van der Waals surface area (Å²) in [6.45, 7) is 4.74. The topological polar surface area (TPSA) is 20.3 Å². The fourth-order valence-electron chi connectivity index (χ4n) is 0.561. The Hall–Kier alpha value is -0.790. The third-order valence-corrected chi connectivity index (χ3v) is 1.33. The molecule has 0 N–H and O–H groups in total. The Balaban J connectivity index is 3.95. The van der Waals surface area contributed by atoms with Crippen molar-refractivity contribution in [3.05, 3.63) is 11.8 Å². The lowest BCUT2D eigenvalue weighted by Gasteiger charge is -2.14. The molecule has 0 aliphatic carbocycles. The third kappa shape index (κ3) is 2.31. The Morgan fingerprint density at radius 3 is 2.33 bits per heavy atom. The van der Waals surface area contributed by atoms with Crippen LogP contribution in [0.3, 0.4) is 0 Å². The maximum atomic E-state index is 10.2. The van der Waals surface area contributed by atoms with Gasteiger partial charge in [0.05, 0.1) is 5.70 Å². The second-order valence-corrected chi connectivity index (χ2v) is 1.85. The van der Waals surface area contributed by atoms with Crippen molar-refractivity contribution in [3.63, 3.8) is 0 Å². The van der Waals surface area contributed by atoms with Crippen LogP contribution in [-0.4, -0.2) is 24.8 Å². The van der Waals surface area contributed by atoms with E-state index >= 15 is 0 Å². The van der Waals surface area contributed by atoms with Gasteiger partial charge in [-0.3, -0.25) is 4.79 Å². The summed E-state index contributed by atoms with van der Waals surface area (Å²) in [6.07, 6.45) is 2.67. The molecule has 52 valence electrons. The summed E-state index contributed by atoms with van der Waals surface area (Å²) in [5, 5.41) is 0. The first-order valence-corrected chi connectivity index (χ1v) is 3.08. The van der Waals surface area contributed by atoms with E-state index in [2.05, 4.69) is 0 Å². The third-order valence-electron chi connectivity index (χ3n) is 1.33. The number of likely N-dealkylation sites (N-methyl/N-ethyl adjacent to an activating group) is 1. The van der Waals surface area contributed by atoms with Crippen molar-refractivity contribution in [2.24, 2.45) is 0 Å². The van der Waals surface area contributed by atoms with Gasteiger partial charge >= 0.3 is 0 Å². The molecule has 0 aliphatic rings. The fourth-order valence-corrected chi connectivity index (χ4v) is 0.561. The molecule has 0 saturated heterocycles. The van der Waals surface area contributed by atoms with Gasteiger partial charge in [-0.25, -0.2) is 0 Å². The van der Waals surface area contributed by atoms with Crippen LogP contribution in [0.2, 0.25) is 0 Å². The molecule has 2 nitrogen and oxygen atoms in total. The molecule has 0 aromatic rings. The second-order valence-electron chi connectivity index (χ2n) is 1.85. The summed E-state index contributed by atoms with van der Waals surface area (Å²) in [6, 6.07) is 0. The highest BCUT2D eigenvalue weighted by Gasteiger charge is 1.95. The summed E-state index contributed by atoms with van der Waals surface area (Å²) in [7, 11) is 1.89. The second kappa shape index (κ2) is 4.13. The average Bonchev–Trinajstić information content (AvgIpc) is 1.90. The van der Waals surface area contributed by atoms with E-state index in [9.17, 15) is 4.79 Å². The van der Waals surface area contributed by atoms with E-state index in [1.54, 1.807) is 6.08 Å². The number of hydrogen-bond donors (Lipinski definition) is 0. The molecule has 9 heavy (non-hydrogen) atoms. The van der Waals surface area contributed by atoms with Gasteiger partial charge in [-0.15, -0.1) is 0 Å². The fraction of sp³-hybridized carbons (Fsp3) is 0.571. The van der Waals surface area contributed by atoms with E-state index in [-0.39, 0.29) is 0 Å². The minimum absolute atomic E-state index is 0.748. The van der Waals surface area contributed by atoms with Crippen LogP contribution >= 0.6 is 0 Å². The summed E-state index contributed by atoms with van der Waals surface area (Å²) in [5.74, 6) is 0. The van der Waals surface area contributed by atoms with Crippen molar-refractivity contribution in [2.45, 2.75) is 13.8 Å². The number of carbonyl (C=O) groups is 1. The minimum Gasteiger partial charge on any atom is -0.373 e. The zero-order valence-corrected chi connectivity index (χ0v) is 6.22. The maximum absolute atomic E-state index is 10.2. The predicted octanol–water partition coefficient (Wildman–Crippen LogP) is 1.04. The molecule has 0 unspecified atom stereocenters. The number of hydrogen-bond acceptors (Lipinski definition) is 2. The minimum atomic E-state index is 0.748. The zero-order valence-electron chi connectivity index (χ0n) is 6.22. The quantitative estimate of drug-likeness (QED) is 0.417. The smallest absolute Gasteiger partial charge is 0.165 e. The summed E-state index contributed by atoms with van der Waals surface area (Å²) in [4.78, 5) is 12.1. The molecule has 0 aromatic carbocycles. The van der Waals surface area contributed by atoms with E-state index in [1.807, 2.05) is 25.8 Å². The summed E-state index contributed by atoms with van der Waals surface area (Å²) < 4.78 is 0. The first kappa shape index (κ1) is 8.21. The lowest BCUT2D eigenvalue weighted by molar-refractivity contribution is -0.106. The van der Waals surface area contributed by atoms with Crippen molar-refractivity contribution in [2.75, 3.05) is 13.6 Å². The van der Waals surface area contributed by atoms with Gasteiger partial charge in [0.1, 0.15) is 0 Å². The molecule has 0 saturated carbocycles. The molecule has 0 fully saturated rings. The van der Waals surface area contributed by atoms with E-state index in [1.165, 1.54) is 0 Å². The Kier molecular flexibility index (Phi) is 3.76. The summed E-state index contributed by atoms with van der Waals surface area (Å²) >= 11 is 0. The molecular weight excluding hydrogens is 114 g/mol. The van der Waals surface area contributed by atoms with Gasteiger partial charge in [0.15, 0.2) is 6.29 Å². The standard InChI is InChI=1S/C7H13NO/c1-4-7(6-9)8(3)5-2/h4,6H,5H2,1-3H3/b7-4-. The van der Waals surface area contributed by atoms with Crippen molar-refractivity contribution in [1.29, 1.82) is 0 Å². The molecule has 0 radical (unpaired) electrons. The van der Waals surface area contributed by atoms with Crippen LogP contribution in [0.1, 0.15) is 13.8 Å². The van der Waals surface area contributed by atoms with Crippen LogP contribution in [0.15, 0.2) is 11.8 Å². The average molecular weight is 127 g/mol. The molecule has 0 amide bonds. The molecule has 2 heteroatoms. The molecule has 0 bridgehead atoms. The van der Waals surface area contributed by atoms with E-state index < -0.39 is 0 Å². The molecule has 0 aromatic heterocycles. The van der Waals surface area contributed by atoms with Crippen LogP contribution in [0, 0.1) is 0 Å². The van der Waals surface area contributed by atoms with Gasteiger partial charge in [0, 0.05) is 13.6 Å². The normalized spacial score (nSPS) is 11.2. The first-order chi connectivity index (χ1) is 4.26. The SMILES string of the molecule is C/C=C(/C=O)N(C)CC. The predicted molar refractivity (Wildman–Crippen MR) is 38.1 cm³/mol. The highest BCUT2D eigenvalue weighted by atomic mass is 16.1. The number of nitrogens with zero attached hydrogens (tertiary/aromatic N) is 1. The Morgan fingerprint density at radius 1 is 1.67 bits per heavy atom. The van der Waals surface area contributed by atoms with Crippen molar-refractivity contribution in [1.82, 2.24) is 4.90 Å². The van der Waals surface area contributed by atoms with Crippen LogP contribution in [0.5, 0.6) is 0 Å². The van der Waals surface area contributed by atoms with Crippen LogP contribution in [0.4, 0.5) is 0 Å². The summed E-state index contributed by atoms with van der Waals surface area (Å²) in [5.41, 5.74) is 0.748. The van der Waals surface area contributed by atoms with Crippen molar-refractivity contribution >= 4 is 6.29 Å². The van der Waals surface area contributed by atoms with Crippen LogP contribution in [0.25, 0.3) is 0 Å².